The van der Waals surface area contributed by atoms with Crippen molar-refractivity contribution in [2.24, 2.45) is 5.73 Å². The standard InChI is InChI=1S/C9H11NO3/c10-8(9(12)13)5-6-1-3-7(11)4-2-6/h1-4,8,11H,5,10H2,(H,12,13)/t8-/m0/s1/i1D,2D,3D,4D. The van der Waals surface area contributed by atoms with Crippen molar-refractivity contribution >= 4 is 5.97 Å². The van der Waals surface area contributed by atoms with E-state index in [9.17, 15) is 9.90 Å². The molecule has 1 rings (SSSR count). The van der Waals surface area contributed by atoms with E-state index in [1.165, 1.54) is 0 Å². The quantitative estimate of drug-likeness (QED) is 0.634. The number of carboxylic acids is 1. The molecule has 0 radical (unpaired) electrons. The highest BCUT2D eigenvalue weighted by Gasteiger charge is 2.11. The van der Waals surface area contributed by atoms with Crippen molar-refractivity contribution < 1.29 is 20.5 Å². The average molecular weight is 185 g/mol. The largest absolute Gasteiger partial charge is 0.508 e. The maximum atomic E-state index is 10.6. The van der Waals surface area contributed by atoms with Gasteiger partial charge in [0.2, 0.25) is 0 Å². The molecule has 4 nitrogen and oxygen atoms in total. The lowest BCUT2D eigenvalue weighted by atomic mass is 10.1. The molecule has 0 unspecified atom stereocenters. The van der Waals surface area contributed by atoms with Crippen LogP contribution in [0.5, 0.6) is 5.75 Å². The fourth-order valence-corrected chi connectivity index (χ4v) is 0.741. The van der Waals surface area contributed by atoms with E-state index in [4.69, 9.17) is 16.3 Å². The molecule has 1 aromatic carbocycles. The van der Waals surface area contributed by atoms with Gasteiger partial charge in [-0.3, -0.25) is 4.79 Å². The number of hydrogen-bond donors (Lipinski definition) is 3. The van der Waals surface area contributed by atoms with Crippen LogP contribution < -0.4 is 5.73 Å². The van der Waals surface area contributed by atoms with Crippen molar-refractivity contribution in [3.63, 3.8) is 0 Å². The molecule has 0 spiro atoms. The van der Waals surface area contributed by atoms with Gasteiger partial charge >= 0.3 is 5.97 Å². The molecule has 0 aliphatic carbocycles. The number of phenols is 1. The van der Waals surface area contributed by atoms with Crippen molar-refractivity contribution in [1.82, 2.24) is 0 Å². The zero-order valence-corrected chi connectivity index (χ0v) is 6.66. The van der Waals surface area contributed by atoms with Gasteiger partial charge in [-0.2, -0.15) is 0 Å². The van der Waals surface area contributed by atoms with Gasteiger partial charge < -0.3 is 15.9 Å². The fraction of sp³-hybridized carbons (Fsp3) is 0.222. The van der Waals surface area contributed by atoms with Crippen LogP contribution in [0, 0.1) is 0 Å². The Morgan fingerprint density at radius 3 is 2.54 bits per heavy atom. The van der Waals surface area contributed by atoms with Crippen LogP contribution >= 0.6 is 0 Å². The van der Waals surface area contributed by atoms with Crippen molar-refractivity contribution in [3.05, 3.63) is 29.7 Å². The molecule has 0 aliphatic rings. The number of aliphatic carboxylic acids is 1. The smallest absolute Gasteiger partial charge is 0.320 e. The molecule has 0 bridgehead atoms. The van der Waals surface area contributed by atoms with Gasteiger partial charge in [-0.1, -0.05) is 12.1 Å². The van der Waals surface area contributed by atoms with Gasteiger partial charge in [0.15, 0.2) is 0 Å². The highest BCUT2D eigenvalue weighted by Crippen LogP contribution is 2.10. The third-order valence-corrected chi connectivity index (χ3v) is 1.40. The van der Waals surface area contributed by atoms with Crippen LogP contribution in [0.15, 0.2) is 24.2 Å². The van der Waals surface area contributed by atoms with Crippen molar-refractivity contribution in [3.8, 4) is 5.75 Å². The molecule has 4 heteroatoms. The molecule has 0 aliphatic heterocycles. The number of benzene rings is 1. The summed E-state index contributed by atoms with van der Waals surface area (Å²) < 4.78 is 29.7. The number of carbonyl (C=O) groups is 1. The summed E-state index contributed by atoms with van der Waals surface area (Å²) in [5, 5.41) is 17.9. The topological polar surface area (TPSA) is 83.6 Å². The highest BCUT2D eigenvalue weighted by molar-refractivity contribution is 5.73. The van der Waals surface area contributed by atoms with E-state index in [0.29, 0.717) is 0 Å². The van der Waals surface area contributed by atoms with Gasteiger partial charge in [-0.15, -0.1) is 0 Å². The Hall–Kier alpha value is -1.55. The normalized spacial score (nSPS) is 16.7. The second kappa shape index (κ2) is 3.91. The number of nitrogens with two attached hydrogens (primary N) is 1. The summed E-state index contributed by atoms with van der Waals surface area (Å²) in [5.74, 6) is -2.05. The van der Waals surface area contributed by atoms with Gasteiger partial charge in [0, 0.05) is 0 Å². The van der Waals surface area contributed by atoms with Crippen LogP contribution in [0.25, 0.3) is 0 Å². The fourth-order valence-electron chi connectivity index (χ4n) is 0.741. The lowest BCUT2D eigenvalue weighted by molar-refractivity contribution is -0.138. The van der Waals surface area contributed by atoms with Crippen molar-refractivity contribution in [1.29, 1.82) is 0 Å². The van der Waals surface area contributed by atoms with Gasteiger partial charge in [0.05, 0.1) is 5.48 Å². The predicted octanol–water partition coefficient (Wildman–Crippen LogP) is 0.347. The minimum atomic E-state index is -1.31. The molecule has 0 saturated heterocycles. The van der Waals surface area contributed by atoms with Crippen LogP contribution in [0.1, 0.15) is 11.0 Å². The lowest BCUT2D eigenvalue weighted by Crippen LogP contribution is -2.32. The van der Waals surface area contributed by atoms with Crippen LogP contribution in [0.4, 0.5) is 0 Å². The maximum absolute atomic E-state index is 10.6. The first-order valence-corrected chi connectivity index (χ1v) is 3.54. The van der Waals surface area contributed by atoms with Gasteiger partial charge in [0.25, 0.3) is 0 Å². The van der Waals surface area contributed by atoms with Gasteiger partial charge in [-0.05, 0) is 24.1 Å². The summed E-state index contributed by atoms with van der Waals surface area (Å²) in [6.07, 6.45) is -0.328. The molecule has 0 heterocycles. The van der Waals surface area contributed by atoms with Crippen LogP contribution in [-0.2, 0) is 11.2 Å². The van der Waals surface area contributed by atoms with E-state index in [1.54, 1.807) is 0 Å². The number of carboxylic acid groups (broad SMARTS) is 1. The minimum Gasteiger partial charge on any atom is -0.508 e. The molecule has 1 atom stereocenters. The van der Waals surface area contributed by atoms with Crippen molar-refractivity contribution in [2.45, 2.75) is 12.5 Å². The van der Waals surface area contributed by atoms with E-state index < -0.39 is 41.9 Å². The van der Waals surface area contributed by atoms with Crippen LogP contribution in [-0.4, -0.2) is 22.2 Å². The zero-order chi connectivity index (χ0) is 13.3. The minimum absolute atomic E-state index is 0.118. The molecule has 0 aromatic heterocycles. The highest BCUT2D eigenvalue weighted by atomic mass is 16.4. The van der Waals surface area contributed by atoms with E-state index >= 15 is 0 Å². The molecule has 1 aromatic rings. The Morgan fingerprint density at radius 1 is 1.54 bits per heavy atom. The number of rotatable bonds is 3. The third-order valence-electron chi connectivity index (χ3n) is 1.40. The molecule has 0 fully saturated rings. The summed E-state index contributed by atoms with van der Waals surface area (Å²) in [6, 6.07) is -3.45. The zero-order valence-electron chi connectivity index (χ0n) is 10.7. The molecular formula is C9H11NO3. The first kappa shape index (κ1) is 5.24. The van der Waals surface area contributed by atoms with Crippen LogP contribution in [0.3, 0.4) is 0 Å². The van der Waals surface area contributed by atoms with E-state index in [1.807, 2.05) is 0 Å². The monoisotopic (exact) mass is 185 g/mol. The Labute approximate surface area is 81.2 Å². The molecule has 70 valence electrons. The molecule has 4 N–H and O–H groups in total. The van der Waals surface area contributed by atoms with Crippen molar-refractivity contribution in [2.75, 3.05) is 0 Å². The molecular weight excluding hydrogens is 170 g/mol. The summed E-state index contributed by atoms with van der Waals surface area (Å²) >= 11 is 0. The Kier molecular flexibility index (Phi) is 1.58. The second-order valence-electron chi connectivity index (χ2n) is 2.48. The van der Waals surface area contributed by atoms with E-state index in [0.717, 1.165) is 0 Å². The first-order valence-electron chi connectivity index (χ1n) is 5.54. The number of phenolic OH excluding ortho intramolecular Hbond substituents is 1. The molecule has 13 heavy (non-hydrogen) atoms. The van der Waals surface area contributed by atoms with Crippen LogP contribution in [0.2, 0.25) is 0 Å². The summed E-state index contributed by atoms with van der Waals surface area (Å²) in [5.41, 5.74) is 5.16. The predicted molar refractivity (Wildman–Crippen MR) is 47.4 cm³/mol. The Balaban J connectivity index is 3.30. The Morgan fingerprint density at radius 2 is 2.08 bits per heavy atom. The SMILES string of the molecule is [2H]c1c([2H])c(C[C@H](N)C(=O)O)c([2H])c([2H])c1O. The first-order chi connectivity index (χ1) is 7.77. The molecule has 0 saturated carbocycles. The summed E-state index contributed by atoms with van der Waals surface area (Å²) in [4.78, 5) is 10.6. The third kappa shape index (κ3) is 2.76. The van der Waals surface area contributed by atoms with E-state index in [-0.39, 0.29) is 12.0 Å². The molecule has 0 amide bonds. The van der Waals surface area contributed by atoms with Gasteiger partial charge in [-0.25, -0.2) is 0 Å². The lowest BCUT2D eigenvalue weighted by Gasteiger charge is -2.05. The Bertz CT molecular complexity index is 449. The number of hydrogen-bond acceptors (Lipinski definition) is 3. The van der Waals surface area contributed by atoms with E-state index in [2.05, 4.69) is 0 Å². The van der Waals surface area contributed by atoms with Gasteiger partial charge in [0.1, 0.15) is 11.8 Å². The number of aromatic hydroxyl groups is 1. The maximum Gasteiger partial charge on any atom is 0.320 e. The second-order valence-corrected chi connectivity index (χ2v) is 2.48. The average Bonchev–Trinajstić information content (AvgIpc) is 2.29. The summed E-state index contributed by atoms with van der Waals surface area (Å²) in [6.45, 7) is 0. The summed E-state index contributed by atoms with van der Waals surface area (Å²) in [7, 11) is 0.